The molecule has 0 bridgehead atoms. The Balaban J connectivity index is 1.81. The Labute approximate surface area is 294 Å². The maximum atomic E-state index is 13.3. The van der Waals surface area contributed by atoms with Gasteiger partial charge in [0.1, 0.15) is 5.66 Å². The fourth-order valence-corrected chi connectivity index (χ4v) is 6.43. The van der Waals surface area contributed by atoms with Gasteiger partial charge in [0.05, 0.1) is 35.1 Å². The van der Waals surface area contributed by atoms with E-state index in [1.165, 1.54) is 55.2 Å². The van der Waals surface area contributed by atoms with Crippen molar-refractivity contribution in [3.63, 3.8) is 0 Å². The number of fused-ring (bicyclic) bond motifs is 1. The van der Waals surface area contributed by atoms with Crippen LogP contribution in [0.5, 0.6) is 0 Å². The molecule has 0 aromatic heterocycles. The minimum atomic E-state index is -0.646. The number of carbonyl (C=O) groups is 2. The van der Waals surface area contributed by atoms with Crippen molar-refractivity contribution < 1.29 is 19.1 Å². The smallest absolute Gasteiger partial charge is 0.338 e. The number of hydrogen-bond acceptors (Lipinski definition) is 6. The molecule has 0 saturated heterocycles. The van der Waals surface area contributed by atoms with Crippen LogP contribution in [0.2, 0.25) is 0 Å². The van der Waals surface area contributed by atoms with E-state index in [0.717, 1.165) is 78.8 Å². The molecule has 0 spiro atoms. The number of carbonyl (C=O) groups excluding carboxylic acids is 2. The lowest BCUT2D eigenvalue weighted by atomic mass is 9.92. The Morgan fingerprint density at radius 1 is 0.551 bits per heavy atom. The predicted octanol–water partition coefficient (Wildman–Crippen LogP) is 10.2. The van der Waals surface area contributed by atoms with Crippen LogP contribution in [0, 0.1) is 0 Å². The average molecular weight is 667 g/mol. The lowest BCUT2D eigenvalue weighted by Crippen LogP contribution is -2.26. The van der Waals surface area contributed by atoms with E-state index >= 15 is 0 Å². The van der Waals surface area contributed by atoms with Crippen molar-refractivity contribution in [3.8, 4) is 22.3 Å². The van der Waals surface area contributed by atoms with Crippen molar-refractivity contribution in [1.82, 2.24) is 0 Å². The second-order valence-corrected chi connectivity index (χ2v) is 14.0. The third-order valence-corrected chi connectivity index (χ3v) is 9.10. The molecule has 1 heterocycles. The van der Waals surface area contributed by atoms with Crippen molar-refractivity contribution in [2.45, 2.75) is 137 Å². The van der Waals surface area contributed by atoms with Crippen LogP contribution in [0.1, 0.15) is 150 Å². The average Bonchev–Trinajstić information content (AvgIpc) is 3.42. The van der Waals surface area contributed by atoms with Gasteiger partial charge in [-0.1, -0.05) is 109 Å². The first-order valence-corrected chi connectivity index (χ1v) is 18.9. The highest BCUT2D eigenvalue weighted by atomic mass is 16.5. The second-order valence-electron chi connectivity index (χ2n) is 14.0. The molecule has 0 fully saturated rings. The molecule has 3 aromatic carbocycles. The molecule has 0 amide bonds. The Hall–Kier alpha value is -3.80. The third-order valence-electron chi connectivity index (χ3n) is 9.10. The van der Waals surface area contributed by atoms with Crippen LogP contribution in [0.4, 0.5) is 0 Å². The summed E-state index contributed by atoms with van der Waals surface area (Å²) in [7, 11) is 0. The molecular weight excluding hydrogens is 608 g/mol. The molecule has 3 aromatic rings. The van der Waals surface area contributed by atoms with Gasteiger partial charge in [-0.3, -0.25) is 9.98 Å². The zero-order chi connectivity index (χ0) is 35.2. The van der Waals surface area contributed by atoms with Gasteiger partial charge < -0.3 is 9.47 Å². The number of rotatable bonds is 20. The number of aryl methyl sites for hydroxylation is 2. The molecule has 264 valence electrons. The van der Waals surface area contributed by atoms with Gasteiger partial charge in [-0.05, 0) is 92.8 Å². The first-order chi connectivity index (χ1) is 23.7. The topological polar surface area (TPSA) is 77.3 Å². The van der Waals surface area contributed by atoms with E-state index in [0.29, 0.717) is 24.3 Å². The molecule has 0 atom stereocenters. The van der Waals surface area contributed by atoms with Gasteiger partial charge in [-0.15, -0.1) is 0 Å². The minimum absolute atomic E-state index is 0.332. The summed E-state index contributed by atoms with van der Waals surface area (Å²) >= 11 is 0. The minimum Gasteiger partial charge on any atom is -0.462 e. The van der Waals surface area contributed by atoms with Crippen molar-refractivity contribution in [2.24, 2.45) is 9.98 Å². The zero-order valence-electron chi connectivity index (χ0n) is 31.0. The number of ether oxygens (including phenoxy) is 2. The summed E-state index contributed by atoms with van der Waals surface area (Å²) in [6.45, 7) is 13.4. The summed E-state index contributed by atoms with van der Waals surface area (Å²) in [4.78, 5) is 36.8. The summed E-state index contributed by atoms with van der Waals surface area (Å²) in [5.74, 6) is -0.882. The van der Waals surface area contributed by atoms with Crippen molar-refractivity contribution in [2.75, 3.05) is 13.2 Å². The van der Waals surface area contributed by atoms with Crippen LogP contribution in [-0.2, 0) is 22.3 Å². The van der Waals surface area contributed by atoms with Crippen LogP contribution >= 0.6 is 0 Å². The van der Waals surface area contributed by atoms with Gasteiger partial charge in [0.25, 0.3) is 0 Å². The van der Waals surface area contributed by atoms with E-state index in [1.54, 1.807) is 6.07 Å². The summed E-state index contributed by atoms with van der Waals surface area (Å²) in [5, 5.41) is 1.63. The molecule has 6 nitrogen and oxygen atoms in total. The molecule has 4 rings (SSSR count). The third kappa shape index (κ3) is 10.8. The van der Waals surface area contributed by atoms with E-state index in [-0.39, 0.29) is 0 Å². The van der Waals surface area contributed by atoms with Crippen molar-refractivity contribution >= 4 is 11.9 Å². The SMILES string of the molecule is CCCCCOC(=O)c1cc(C(=O)OCCCCC)cc(-c2ccc(-c3cc(CCCCC)cc(CCCCC)c3)c3c2=NC(C)(C)N=3)c1. The Kier molecular flexibility index (Phi) is 14.6. The molecule has 6 heteroatoms. The van der Waals surface area contributed by atoms with Crippen LogP contribution in [-0.4, -0.2) is 30.8 Å². The normalized spacial score (nSPS) is 13.0. The molecule has 0 unspecified atom stereocenters. The monoisotopic (exact) mass is 666 g/mol. The fourth-order valence-electron chi connectivity index (χ4n) is 6.43. The van der Waals surface area contributed by atoms with Gasteiger partial charge in [-0.25, -0.2) is 9.59 Å². The predicted molar refractivity (Wildman–Crippen MR) is 200 cm³/mol. The molecule has 1 aliphatic heterocycles. The van der Waals surface area contributed by atoms with E-state index in [2.05, 4.69) is 58.0 Å². The van der Waals surface area contributed by atoms with Gasteiger partial charge in [-0.2, -0.15) is 0 Å². The summed E-state index contributed by atoms with van der Waals surface area (Å²) in [5.41, 5.74) is 6.54. The lowest BCUT2D eigenvalue weighted by molar-refractivity contribution is 0.0496. The Morgan fingerprint density at radius 3 is 1.39 bits per heavy atom. The number of hydrogen-bond donors (Lipinski definition) is 0. The molecule has 49 heavy (non-hydrogen) atoms. The first kappa shape index (κ1) is 38.0. The highest BCUT2D eigenvalue weighted by molar-refractivity contribution is 5.97. The van der Waals surface area contributed by atoms with E-state index in [1.807, 2.05) is 26.0 Å². The molecule has 0 aliphatic carbocycles. The zero-order valence-corrected chi connectivity index (χ0v) is 31.0. The highest BCUT2D eigenvalue weighted by Crippen LogP contribution is 2.28. The van der Waals surface area contributed by atoms with E-state index in [9.17, 15) is 9.59 Å². The van der Waals surface area contributed by atoms with E-state index in [4.69, 9.17) is 19.5 Å². The number of nitrogens with zero attached hydrogens (tertiary/aromatic N) is 2. The Bertz CT molecular complexity index is 1620. The van der Waals surface area contributed by atoms with Crippen molar-refractivity contribution in [1.29, 1.82) is 0 Å². The molecule has 1 aliphatic rings. The van der Waals surface area contributed by atoms with Gasteiger partial charge in [0.15, 0.2) is 0 Å². The first-order valence-electron chi connectivity index (χ1n) is 18.9. The standard InChI is InChI=1S/C43H58N2O4/c1-7-11-15-19-31-25-32(20-16-12-8-2)27-33(26-31)37-21-22-38(40-39(37)44-43(5,6)45-40)34-28-35(41(46)48-23-17-13-9-3)30-36(29-34)42(47)49-24-18-14-10-4/h21-22,25-30H,7-20,23-24H2,1-6H3. The van der Waals surface area contributed by atoms with E-state index < -0.39 is 17.6 Å². The maximum Gasteiger partial charge on any atom is 0.338 e. The second kappa shape index (κ2) is 18.8. The van der Waals surface area contributed by atoms with Crippen LogP contribution in [0.3, 0.4) is 0 Å². The van der Waals surface area contributed by atoms with Crippen LogP contribution < -0.4 is 10.7 Å². The summed E-state index contributed by atoms with van der Waals surface area (Å²) in [6, 6.07) is 16.5. The van der Waals surface area contributed by atoms with Crippen LogP contribution in [0.15, 0.2) is 58.5 Å². The summed E-state index contributed by atoms with van der Waals surface area (Å²) in [6.07, 6.45) is 15.0. The Morgan fingerprint density at radius 2 is 0.959 bits per heavy atom. The molecule has 0 N–H and O–H groups in total. The number of benzene rings is 3. The highest BCUT2D eigenvalue weighted by Gasteiger charge is 2.24. The maximum absolute atomic E-state index is 13.3. The van der Waals surface area contributed by atoms with Gasteiger partial charge >= 0.3 is 11.9 Å². The number of unbranched alkanes of at least 4 members (excludes halogenated alkanes) is 8. The van der Waals surface area contributed by atoms with Gasteiger partial charge in [0, 0.05) is 11.1 Å². The largest absolute Gasteiger partial charge is 0.462 e. The fraction of sp³-hybridized carbons (Fsp3) is 0.535. The van der Waals surface area contributed by atoms with Gasteiger partial charge in [0.2, 0.25) is 0 Å². The lowest BCUT2D eigenvalue weighted by Gasteiger charge is -2.13. The van der Waals surface area contributed by atoms with Crippen LogP contribution in [0.25, 0.3) is 22.3 Å². The molecule has 0 radical (unpaired) electrons. The molecule has 0 saturated carbocycles. The summed E-state index contributed by atoms with van der Waals surface area (Å²) < 4.78 is 11.3. The van der Waals surface area contributed by atoms with Crippen molar-refractivity contribution in [3.05, 3.63) is 81.5 Å². The molecular formula is C43H58N2O4. The quantitative estimate of drug-likeness (QED) is 0.0888. The number of esters is 2.